The first-order chi connectivity index (χ1) is 8.91. The van der Waals surface area contributed by atoms with Crippen molar-refractivity contribution in [2.45, 2.75) is 13.3 Å². The molecule has 0 radical (unpaired) electrons. The van der Waals surface area contributed by atoms with Gasteiger partial charge in [-0.1, -0.05) is 18.7 Å². The smallest absolute Gasteiger partial charge is 0.335 e. The second-order valence-corrected chi connectivity index (χ2v) is 3.97. The number of carbonyl (C=O) groups excluding carboxylic acids is 2. The van der Waals surface area contributed by atoms with Crippen molar-refractivity contribution in [2.24, 2.45) is 0 Å². The maximum atomic E-state index is 11.7. The molecule has 5 nitrogen and oxygen atoms in total. The van der Waals surface area contributed by atoms with Gasteiger partial charge < -0.3 is 9.84 Å². The summed E-state index contributed by atoms with van der Waals surface area (Å²) in [6.45, 7) is 4.92. The van der Waals surface area contributed by atoms with Crippen LogP contribution in [0.5, 0.6) is 0 Å². The highest BCUT2D eigenvalue weighted by Gasteiger charge is 2.09. The van der Waals surface area contributed by atoms with Gasteiger partial charge in [-0.15, -0.1) is 0 Å². The highest BCUT2D eigenvalue weighted by Crippen LogP contribution is 2.07. The van der Waals surface area contributed by atoms with E-state index in [4.69, 9.17) is 9.84 Å². The second-order valence-electron chi connectivity index (χ2n) is 3.97. The van der Waals surface area contributed by atoms with Crippen molar-refractivity contribution in [1.82, 2.24) is 0 Å². The summed E-state index contributed by atoms with van der Waals surface area (Å²) in [5, 5.41) is 8.72. The summed E-state index contributed by atoms with van der Waals surface area (Å²) >= 11 is 0. The molecule has 0 amide bonds. The number of aromatic carboxylic acids is 1. The van der Waals surface area contributed by atoms with Gasteiger partial charge in [0.1, 0.15) is 0 Å². The summed E-state index contributed by atoms with van der Waals surface area (Å²) in [5.74, 6) is -1.80. The van der Waals surface area contributed by atoms with Crippen molar-refractivity contribution in [3.63, 3.8) is 0 Å². The van der Waals surface area contributed by atoms with Gasteiger partial charge in [0.2, 0.25) is 0 Å². The first-order valence-corrected chi connectivity index (χ1v) is 5.61. The molecule has 0 heterocycles. The lowest BCUT2D eigenvalue weighted by Gasteiger charge is -2.04. The van der Waals surface area contributed by atoms with Crippen molar-refractivity contribution >= 4 is 17.7 Å². The zero-order valence-electron chi connectivity index (χ0n) is 10.5. The summed E-state index contributed by atoms with van der Waals surface area (Å²) in [7, 11) is 0. The minimum atomic E-state index is -1.05. The molecule has 1 aromatic carbocycles. The van der Waals surface area contributed by atoms with E-state index in [1.165, 1.54) is 31.2 Å². The Morgan fingerprint density at radius 2 is 1.68 bits per heavy atom. The van der Waals surface area contributed by atoms with Crippen LogP contribution in [0.25, 0.3) is 0 Å². The third kappa shape index (κ3) is 4.39. The molecule has 0 aliphatic heterocycles. The monoisotopic (exact) mass is 262 g/mol. The van der Waals surface area contributed by atoms with Crippen molar-refractivity contribution in [1.29, 1.82) is 0 Å². The number of hydrogen-bond acceptors (Lipinski definition) is 4. The molecule has 0 bridgehead atoms. The summed E-state index contributed by atoms with van der Waals surface area (Å²) in [5.41, 5.74) is 0.778. The quantitative estimate of drug-likeness (QED) is 0.482. The Hall–Kier alpha value is -2.43. The van der Waals surface area contributed by atoms with Gasteiger partial charge in [0.25, 0.3) is 0 Å². The normalized spacial score (nSPS) is 9.74. The molecule has 1 rings (SSSR count). The highest BCUT2D eigenvalue weighted by atomic mass is 16.5. The molecular weight excluding hydrogens is 248 g/mol. The van der Waals surface area contributed by atoms with Gasteiger partial charge in [-0.25, -0.2) is 9.59 Å². The number of rotatable bonds is 6. The van der Waals surface area contributed by atoms with Gasteiger partial charge in [0.05, 0.1) is 12.2 Å². The first-order valence-electron chi connectivity index (χ1n) is 5.61. The minimum absolute atomic E-state index is 0.0226. The van der Waals surface area contributed by atoms with E-state index in [0.29, 0.717) is 5.56 Å². The molecule has 5 heteroatoms. The van der Waals surface area contributed by atoms with Crippen LogP contribution >= 0.6 is 0 Å². The van der Waals surface area contributed by atoms with E-state index < -0.39 is 11.9 Å². The fraction of sp³-hybridized carbons (Fsp3) is 0.214. The molecule has 0 saturated heterocycles. The zero-order valence-corrected chi connectivity index (χ0v) is 10.5. The van der Waals surface area contributed by atoms with E-state index in [1.807, 2.05) is 0 Å². The van der Waals surface area contributed by atoms with Gasteiger partial charge in [-0.2, -0.15) is 0 Å². The SMILES string of the molecule is C=C(C)C(=O)OCCC(=O)c1ccc(C(=O)O)cc1. The summed E-state index contributed by atoms with van der Waals surface area (Å²) in [6.07, 6.45) is 0.0471. The van der Waals surface area contributed by atoms with E-state index in [1.54, 1.807) is 0 Å². The van der Waals surface area contributed by atoms with Gasteiger partial charge in [-0.3, -0.25) is 4.79 Å². The van der Waals surface area contributed by atoms with Gasteiger partial charge >= 0.3 is 11.9 Å². The van der Waals surface area contributed by atoms with E-state index in [9.17, 15) is 14.4 Å². The zero-order chi connectivity index (χ0) is 14.4. The predicted octanol–water partition coefficient (Wildman–Crippen LogP) is 2.08. The maximum absolute atomic E-state index is 11.7. The van der Waals surface area contributed by atoms with Crippen LogP contribution in [0.3, 0.4) is 0 Å². The number of benzene rings is 1. The molecule has 0 aliphatic rings. The number of hydrogen-bond donors (Lipinski definition) is 1. The van der Waals surface area contributed by atoms with Crippen LogP contribution in [0, 0.1) is 0 Å². The van der Waals surface area contributed by atoms with Crippen LogP contribution in [0.4, 0.5) is 0 Å². The highest BCUT2D eigenvalue weighted by molar-refractivity contribution is 5.97. The largest absolute Gasteiger partial charge is 0.478 e. The van der Waals surface area contributed by atoms with E-state index in [-0.39, 0.29) is 29.9 Å². The lowest BCUT2D eigenvalue weighted by molar-refractivity contribution is -0.138. The number of Topliss-reactive ketones (excluding diaryl/α,β-unsaturated/α-hetero) is 1. The topological polar surface area (TPSA) is 80.7 Å². The van der Waals surface area contributed by atoms with Crippen LogP contribution in [-0.4, -0.2) is 29.4 Å². The van der Waals surface area contributed by atoms with Crippen molar-refractivity contribution < 1.29 is 24.2 Å². The Morgan fingerprint density at radius 3 is 2.16 bits per heavy atom. The third-order valence-corrected chi connectivity index (χ3v) is 2.36. The number of ketones is 1. The van der Waals surface area contributed by atoms with Crippen LogP contribution < -0.4 is 0 Å². The van der Waals surface area contributed by atoms with Crippen LogP contribution in [-0.2, 0) is 9.53 Å². The molecule has 1 aromatic rings. The lowest BCUT2D eigenvalue weighted by Crippen LogP contribution is -2.10. The molecule has 0 saturated carbocycles. The molecule has 1 N–H and O–H groups in total. The average molecular weight is 262 g/mol. The third-order valence-electron chi connectivity index (χ3n) is 2.36. The molecule has 0 aliphatic carbocycles. The van der Waals surface area contributed by atoms with Gasteiger partial charge in [0.15, 0.2) is 5.78 Å². The summed E-state index contributed by atoms with van der Waals surface area (Å²) in [6, 6.07) is 5.59. The minimum Gasteiger partial charge on any atom is -0.478 e. The molecule has 0 unspecified atom stereocenters. The number of carboxylic acids is 1. The number of ether oxygens (including phenoxy) is 1. The molecule has 19 heavy (non-hydrogen) atoms. The Kier molecular flexibility index (Phi) is 5.00. The molecule has 0 atom stereocenters. The van der Waals surface area contributed by atoms with Crippen molar-refractivity contribution in [3.8, 4) is 0 Å². The van der Waals surface area contributed by atoms with Crippen molar-refractivity contribution in [2.75, 3.05) is 6.61 Å². The van der Waals surface area contributed by atoms with Gasteiger partial charge in [0, 0.05) is 17.6 Å². The summed E-state index contributed by atoms with van der Waals surface area (Å²) in [4.78, 5) is 33.4. The standard InChI is InChI=1S/C14H14O5/c1-9(2)14(18)19-8-7-12(15)10-3-5-11(6-4-10)13(16)17/h3-6H,1,7-8H2,2H3,(H,16,17). The van der Waals surface area contributed by atoms with E-state index in [0.717, 1.165) is 0 Å². The van der Waals surface area contributed by atoms with Crippen LogP contribution in [0.2, 0.25) is 0 Å². The molecule has 100 valence electrons. The number of carbonyl (C=O) groups is 3. The number of carboxylic acid groups (broad SMARTS) is 1. The molecular formula is C14H14O5. The Labute approximate surface area is 110 Å². The Bertz CT molecular complexity index is 513. The second kappa shape index (κ2) is 6.49. The Morgan fingerprint density at radius 1 is 1.16 bits per heavy atom. The van der Waals surface area contributed by atoms with Gasteiger partial charge in [-0.05, 0) is 19.1 Å². The predicted molar refractivity (Wildman–Crippen MR) is 68.1 cm³/mol. The Balaban J connectivity index is 2.52. The van der Waals surface area contributed by atoms with Crippen LogP contribution in [0.1, 0.15) is 34.1 Å². The number of esters is 1. The lowest BCUT2D eigenvalue weighted by atomic mass is 10.1. The fourth-order valence-electron chi connectivity index (χ4n) is 1.30. The molecule has 0 aromatic heterocycles. The first kappa shape index (κ1) is 14.6. The molecule has 0 fully saturated rings. The molecule has 0 spiro atoms. The van der Waals surface area contributed by atoms with E-state index in [2.05, 4.69) is 6.58 Å². The van der Waals surface area contributed by atoms with Crippen molar-refractivity contribution in [3.05, 3.63) is 47.5 Å². The maximum Gasteiger partial charge on any atom is 0.335 e. The van der Waals surface area contributed by atoms with E-state index >= 15 is 0 Å². The summed E-state index contributed by atoms with van der Waals surface area (Å²) < 4.78 is 4.80. The fourth-order valence-corrected chi connectivity index (χ4v) is 1.30. The van der Waals surface area contributed by atoms with Crippen LogP contribution in [0.15, 0.2) is 36.4 Å². The average Bonchev–Trinajstić information content (AvgIpc) is 2.38.